The molecule has 1 aliphatic carbocycles. The second-order valence-corrected chi connectivity index (χ2v) is 5.86. The van der Waals surface area contributed by atoms with Crippen LogP contribution in [0.2, 0.25) is 0 Å². The minimum absolute atomic E-state index is 0.0219. The Morgan fingerprint density at radius 1 is 1.44 bits per heavy atom. The Hall–Kier alpha value is -0.940. The average Bonchev–Trinajstić information content (AvgIpc) is 2.32. The molecule has 18 heavy (non-hydrogen) atoms. The number of aromatic nitrogens is 1. The number of carbonyl (C=O) groups is 1. The zero-order valence-corrected chi connectivity index (χ0v) is 11.9. The van der Waals surface area contributed by atoms with E-state index < -0.39 is 0 Å². The van der Waals surface area contributed by atoms with Gasteiger partial charge in [0.25, 0.3) is 0 Å². The first kappa shape index (κ1) is 13.5. The molecular weight excluding hydrogens is 294 g/mol. The molecule has 0 aromatic carbocycles. The molecule has 98 valence electrons. The van der Waals surface area contributed by atoms with Gasteiger partial charge in [0.05, 0.1) is 10.2 Å². The molecule has 0 spiro atoms. The summed E-state index contributed by atoms with van der Waals surface area (Å²) in [4.78, 5) is 16.0. The summed E-state index contributed by atoms with van der Waals surface area (Å²) in [5.74, 6) is -0.0219. The molecule has 0 aliphatic heterocycles. The number of anilines is 1. The number of nitrogens with two attached hydrogens (primary N) is 1. The van der Waals surface area contributed by atoms with Crippen molar-refractivity contribution in [1.29, 1.82) is 0 Å². The van der Waals surface area contributed by atoms with Crippen LogP contribution in [-0.2, 0) is 4.79 Å². The van der Waals surface area contributed by atoms with E-state index in [9.17, 15) is 4.79 Å². The molecule has 4 nitrogen and oxygen atoms in total. The van der Waals surface area contributed by atoms with Crippen LogP contribution in [0, 0.1) is 0 Å². The molecule has 0 atom stereocenters. The van der Waals surface area contributed by atoms with Gasteiger partial charge in [-0.05, 0) is 34.8 Å². The number of pyridine rings is 1. The fourth-order valence-corrected chi connectivity index (χ4v) is 2.77. The van der Waals surface area contributed by atoms with Crippen molar-refractivity contribution in [3.63, 3.8) is 0 Å². The Balaban J connectivity index is 1.94. The van der Waals surface area contributed by atoms with Gasteiger partial charge in [0, 0.05) is 24.4 Å². The SMILES string of the molecule is NC1(CC(=O)Nc2ccncc2Br)CCCCC1. The zero-order chi connectivity index (χ0) is 13.0. The van der Waals surface area contributed by atoms with E-state index in [4.69, 9.17) is 5.73 Å². The predicted octanol–water partition coefficient (Wildman–Crippen LogP) is 2.83. The van der Waals surface area contributed by atoms with Crippen molar-refractivity contribution in [1.82, 2.24) is 4.98 Å². The van der Waals surface area contributed by atoms with E-state index in [1.807, 2.05) is 0 Å². The summed E-state index contributed by atoms with van der Waals surface area (Å²) in [6.45, 7) is 0. The highest BCUT2D eigenvalue weighted by atomic mass is 79.9. The van der Waals surface area contributed by atoms with Crippen molar-refractivity contribution in [3.8, 4) is 0 Å². The van der Waals surface area contributed by atoms with Gasteiger partial charge in [-0.15, -0.1) is 0 Å². The highest BCUT2D eigenvalue weighted by molar-refractivity contribution is 9.10. The molecule has 0 saturated heterocycles. The van der Waals surface area contributed by atoms with E-state index in [-0.39, 0.29) is 11.4 Å². The molecule has 1 heterocycles. The summed E-state index contributed by atoms with van der Waals surface area (Å²) in [5.41, 5.74) is 6.69. The number of halogens is 1. The average molecular weight is 312 g/mol. The lowest BCUT2D eigenvalue weighted by Gasteiger charge is -2.32. The van der Waals surface area contributed by atoms with Crippen molar-refractivity contribution in [2.75, 3.05) is 5.32 Å². The molecule has 5 heteroatoms. The summed E-state index contributed by atoms with van der Waals surface area (Å²) >= 11 is 3.35. The third kappa shape index (κ3) is 3.53. The van der Waals surface area contributed by atoms with Crippen LogP contribution in [0.3, 0.4) is 0 Å². The molecule has 2 rings (SSSR count). The van der Waals surface area contributed by atoms with Gasteiger partial charge in [0.15, 0.2) is 0 Å². The van der Waals surface area contributed by atoms with E-state index >= 15 is 0 Å². The van der Waals surface area contributed by atoms with Crippen molar-refractivity contribution in [2.24, 2.45) is 5.73 Å². The summed E-state index contributed by atoms with van der Waals surface area (Å²) in [6, 6.07) is 1.77. The van der Waals surface area contributed by atoms with Crippen molar-refractivity contribution < 1.29 is 4.79 Å². The first-order chi connectivity index (χ1) is 8.59. The topological polar surface area (TPSA) is 68.0 Å². The van der Waals surface area contributed by atoms with E-state index in [1.54, 1.807) is 18.5 Å². The number of hydrogen-bond donors (Lipinski definition) is 2. The number of hydrogen-bond acceptors (Lipinski definition) is 3. The minimum Gasteiger partial charge on any atom is -0.325 e. The van der Waals surface area contributed by atoms with Gasteiger partial charge in [-0.25, -0.2) is 0 Å². The predicted molar refractivity (Wildman–Crippen MR) is 75.2 cm³/mol. The summed E-state index contributed by atoms with van der Waals surface area (Å²) in [7, 11) is 0. The Labute approximate surface area is 115 Å². The lowest BCUT2D eigenvalue weighted by atomic mass is 9.80. The molecule has 1 saturated carbocycles. The molecule has 1 amide bonds. The van der Waals surface area contributed by atoms with E-state index in [1.165, 1.54) is 6.42 Å². The molecular formula is C13H18BrN3O. The zero-order valence-electron chi connectivity index (χ0n) is 10.3. The van der Waals surface area contributed by atoms with Crippen LogP contribution in [0.4, 0.5) is 5.69 Å². The highest BCUT2D eigenvalue weighted by Crippen LogP contribution is 2.29. The third-order valence-electron chi connectivity index (χ3n) is 3.41. The maximum atomic E-state index is 12.0. The number of carbonyl (C=O) groups excluding carboxylic acids is 1. The first-order valence-corrected chi connectivity index (χ1v) is 7.07. The highest BCUT2D eigenvalue weighted by Gasteiger charge is 2.30. The first-order valence-electron chi connectivity index (χ1n) is 6.27. The van der Waals surface area contributed by atoms with Crippen molar-refractivity contribution in [2.45, 2.75) is 44.1 Å². The number of nitrogens with zero attached hydrogens (tertiary/aromatic N) is 1. The Kier molecular flexibility index (Phi) is 4.35. The quantitative estimate of drug-likeness (QED) is 0.902. The van der Waals surface area contributed by atoms with E-state index in [0.717, 1.165) is 35.8 Å². The Bertz CT molecular complexity index is 430. The van der Waals surface area contributed by atoms with E-state index in [2.05, 4.69) is 26.2 Å². The molecule has 0 radical (unpaired) electrons. The third-order valence-corrected chi connectivity index (χ3v) is 4.04. The number of amides is 1. The molecule has 1 aromatic heterocycles. The number of nitrogens with one attached hydrogen (secondary N) is 1. The molecule has 0 unspecified atom stereocenters. The van der Waals surface area contributed by atoms with Gasteiger partial charge in [-0.2, -0.15) is 0 Å². The van der Waals surface area contributed by atoms with Crippen LogP contribution < -0.4 is 11.1 Å². The molecule has 0 bridgehead atoms. The normalized spacial score (nSPS) is 18.3. The second-order valence-electron chi connectivity index (χ2n) is 5.00. The van der Waals surface area contributed by atoms with Crippen molar-refractivity contribution in [3.05, 3.63) is 22.9 Å². The monoisotopic (exact) mass is 311 g/mol. The van der Waals surface area contributed by atoms with Crippen LogP contribution in [-0.4, -0.2) is 16.4 Å². The smallest absolute Gasteiger partial charge is 0.226 e. The van der Waals surface area contributed by atoms with Crippen LogP contribution >= 0.6 is 15.9 Å². The summed E-state index contributed by atoms with van der Waals surface area (Å²) < 4.78 is 0.785. The fourth-order valence-electron chi connectivity index (χ4n) is 2.42. The van der Waals surface area contributed by atoms with Gasteiger partial charge in [-0.1, -0.05) is 19.3 Å². The van der Waals surface area contributed by atoms with E-state index in [0.29, 0.717) is 6.42 Å². The lowest BCUT2D eigenvalue weighted by Crippen LogP contribution is -2.44. The molecule has 1 aliphatic rings. The molecule has 1 aromatic rings. The molecule has 3 N–H and O–H groups in total. The van der Waals surface area contributed by atoms with Gasteiger partial charge in [-0.3, -0.25) is 9.78 Å². The molecule has 1 fully saturated rings. The standard InChI is InChI=1S/C13H18BrN3O/c14-10-9-16-7-4-11(10)17-12(18)8-13(15)5-2-1-3-6-13/h4,7,9H,1-3,5-6,8,15H2,(H,16,17,18). The summed E-state index contributed by atoms with van der Waals surface area (Å²) in [6.07, 6.45) is 9.08. The Morgan fingerprint density at radius 2 is 2.17 bits per heavy atom. The van der Waals surface area contributed by atoms with Crippen LogP contribution in [0.25, 0.3) is 0 Å². The van der Waals surface area contributed by atoms with Crippen LogP contribution in [0.5, 0.6) is 0 Å². The lowest BCUT2D eigenvalue weighted by molar-refractivity contribution is -0.117. The minimum atomic E-state index is -0.318. The number of rotatable bonds is 3. The second kappa shape index (κ2) is 5.80. The van der Waals surface area contributed by atoms with Gasteiger partial charge in [0.2, 0.25) is 5.91 Å². The summed E-state index contributed by atoms with van der Waals surface area (Å²) in [5, 5.41) is 2.88. The largest absolute Gasteiger partial charge is 0.325 e. The maximum Gasteiger partial charge on any atom is 0.226 e. The van der Waals surface area contributed by atoms with Crippen LogP contribution in [0.15, 0.2) is 22.9 Å². The maximum absolute atomic E-state index is 12.0. The van der Waals surface area contributed by atoms with Crippen molar-refractivity contribution >= 4 is 27.5 Å². The Morgan fingerprint density at radius 3 is 2.83 bits per heavy atom. The fraction of sp³-hybridized carbons (Fsp3) is 0.538. The van der Waals surface area contributed by atoms with Gasteiger partial charge < -0.3 is 11.1 Å². The van der Waals surface area contributed by atoms with Gasteiger partial charge >= 0.3 is 0 Å². The van der Waals surface area contributed by atoms with Crippen LogP contribution in [0.1, 0.15) is 38.5 Å². The van der Waals surface area contributed by atoms with Gasteiger partial charge in [0.1, 0.15) is 0 Å².